The first-order valence-electron chi connectivity index (χ1n) is 10.6. The minimum absolute atomic E-state index is 0.0249. The van der Waals surface area contributed by atoms with Gasteiger partial charge in [-0.15, -0.1) is 23.5 Å². The topological polar surface area (TPSA) is 71.5 Å². The van der Waals surface area contributed by atoms with Crippen LogP contribution in [0.25, 0.3) is 0 Å². The van der Waals surface area contributed by atoms with Crippen molar-refractivity contribution in [1.29, 1.82) is 0 Å². The summed E-state index contributed by atoms with van der Waals surface area (Å²) in [6.45, 7) is 1.16. The predicted molar refractivity (Wildman–Crippen MR) is 126 cm³/mol. The maximum atomic E-state index is 12.5. The molecule has 164 valence electrons. The Labute approximate surface area is 191 Å². The first-order chi connectivity index (χ1) is 15.2. The molecule has 2 aliphatic rings. The molecule has 2 amide bonds. The number of anilines is 1. The van der Waals surface area contributed by atoms with E-state index in [9.17, 15) is 9.59 Å². The van der Waals surface area contributed by atoms with Crippen molar-refractivity contribution in [2.45, 2.75) is 23.8 Å². The van der Waals surface area contributed by atoms with Crippen LogP contribution in [0, 0.1) is 5.92 Å². The Kier molecular flexibility index (Phi) is 7.75. The molecule has 2 saturated heterocycles. The van der Waals surface area contributed by atoms with E-state index in [4.69, 9.17) is 4.74 Å². The zero-order chi connectivity index (χ0) is 21.5. The van der Waals surface area contributed by atoms with Gasteiger partial charge in [-0.1, -0.05) is 18.2 Å². The van der Waals surface area contributed by atoms with E-state index in [1.807, 2.05) is 47.8 Å². The van der Waals surface area contributed by atoms with E-state index in [-0.39, 0.29) is 24.3 Å². The highest BCUT2D eigenvalue weighted by Crippen LogP contribution is 2.43. The van der Waals surface area contributed by atoms with Gasteiger partial charge in [0, 0.05) is 25.2 Å². The standard InChI is InChI=1S/C23H27N3O3S2/c27-21(16-29-19-7-5-18(6-8-19)23-30-14-3-15-31-23)26-12-9-17(10-13-26)22(28)25-20-4-1-2-11-24-20/h1-2,4-8,11,17,23H,3,9-10,12-16H2,(H,24,25,28). The van der Waals surface area contributed by atoms with Crippen molar-refractivity contribution < 1.29 is 14.3 Å². The average Bonchev–Trinajstić information content (AvgIpc) is 2.84. The molecule has 31 heavy (non-hydrogen) atoms. The van der Waals surface area contributed by atoms with Crippen LogP contribution in [0.3, 0.4) is 0 Å². The molecule has 0 atom stereocenters. The minimum atomic E-state index is -0.102. The number of pyridine rings is 1. The number of thioether (sulfide) groups is 2. The summed E-state index contributed by atoms with van der Waals surface area (Å²) < 4.78 is 6.22. The molecular formula is C23H27N3O3S2. The van der Waals surface area contributed by atoms with E-state index >= 15 is 0 Å². The van der Waals surface area contributed by atoms with Crippen LogP contribution in [0.2, 0.25) is 0 Å². The van der Waals surface area contributed by atoms with Crippen molar-refractivity contribution in [1.82, 2.24) is 9.88 Å². The number of nitrogens with zero attached hydrogens (tertiary/aromatic N) is 2. The summed E-state index contributed by atoms with van der Waals surface area (Å²) in [7, 11) is 0. The van der Waals surface area contributed by atoms with Crippen LogP contribution in [-0.4, -0.2) is 52.9 Å². The summed E-state index contributed by atoms with van der Waals surface area (Å²) in [6, 6.07) is 13.5. The molecule has 2 fully saturated rings. The molecule has 0 unspecified atom stereocenters. The zero-order valence-electron chi connectivity index (χ0n) is 17.4. The maximum Gasteiger partial charge on any atom is 0.260 e. The first-order valence-corrected chi connectivity index (χ1v) is 12.7. The maximum absolute atomic E-state index is 12.5. The van der Waals surface area contributed by atoms with Crippen LogP contribution in [-0.2, 0) is 9.59 Å². The second kappa shape index (κ2) is 10.9. The average molecular weight is 458 g/mol. The van der Waals surface area contributed by atoms with Gasteiger partial charge in [-0.2, -0.15) is 0 Å². The number of nitrogens with one attached hydrogen (secondary N) is 1. The van der Waals surface area contributed by atoms with Crippen molar-refractivity contribution in [3.05, 3.63) is 54.2 Å². The van der Waals surface area contributed by atoms with Gasteiger partial charge in [-0.05, 0) is 60.6 Å². The highest BCUT2D eigenvalue weighted by atomic mass is 32.2. The number of likely N-dealkylation sites (tertiary alicyclic amines) is 1. The number of carbonyl (C=O) groups excluding carboxylic acids is 2. The van der Waals surface area contributed by atoms with Crippen molar-refractivity contribution in [2.75, 3.05) is 36.5 Å². The van der Waals surface area contributed by atoms with Crippen LogP contribution in [0.5, 0.6) is 5.75 Å². The van der Waals surface area contributed by atoms with Crippen LogP contribution in [0.4, 0.5) is 5.82 Å². The molecule has 1 aromatic carbocycles. The number of benzene rings is 1. The molecule has 1 aromatic heterocycles. The summed E-state index contributed by atoms with van der Waals surface area (Å²) >= 11 is 3.98. The molecular weight excluding hydrogens is 430 g/mol. The number of amides is 2. The highest BCUT2D eigenvalue weighted by molar-refractivity contribution is 8.16. The lowest BCUT2D eigenvalue weighted by Crippen LogP contribution is -2.43. The van der Waals surface area contributed by atoms with Crippen LogP contribution in [0.1, 0.15) is 29.4 Å². The lowest BCUT2D eigenvalue weighted by atomic mass is 9.96. The highest BCUT2D eigenvalue weighted by Gasteiger charge is 2.27. The van der Waals surface area contributed by atoms with Gasteiger partial charge in [0.1, 0.15) is 11.6 Å². The third kappa shape index (κ3) is 6.17. The Bertz CT molecular complexity index is 865. The molecule has 6 nitrogen and oxygen atoms in total. The third-order valence-electron chi connectivity index (χ3n) is 5.48. The van der Waals surface area contributed by atoms with Crippen molar-refractivity contribution in [2.24, 2.45) is 5.92 Å². The zero-order valence-corrected chi connectivity index (χ0v) is 19.0. The van der Waals surface area contributed by atoms with Crippen LogP contribution >= 0.6 is 23.5 Å². The normalized spacial score (nSPS) is 17.9. The monoisotopic (exact) mass is 457 g/mol. The molecule has 4 rings (SSSR count). The number of hydrogen-bond acceptors (Lipinski definition) is 6. The third-order valence-corrected chi connectivity index (χ3v) is 8.49. The van der Waals surface area contributed by atoms with E-state index in [1.54, 1.807) is 17.2 Å². The van der Waals surface area contributed by atoms with E-state index in [2.05, 4.69) is 22.4 Å². The van der Waals surface area contributed by atoms with Crippen molar-refractivity contribution >= 4 is 41.2 Å². The van der Waals surface area contributed by atoms with Crippen molar-refractivity contribution in [3.8, 4) is 5.75 Å². The van der Waals surface area contributed by atoms with Crippen molar-refractivity contribution in [3.63, 3.8) is 0 Å². The van der Waals surface area contributed by atoms with E-state index in [1.165, 1.54) is 23.5 Å². The molecule has 0 bridgehead atoms. The van der Waals surface area contributed by atoms with Crippen LogP contribution in [0.15, 0.2) is 48.7 Å². The lowest BCUT2D eigenvalue weighted by Gasteiger charge is -2.31. The first kappa shape index (κ1) is 22.0. The quantitative estimate of drug-likeness (QED) is 0.701. The summed E-state index contributed by atoms with van der Waals surface area (Å²) in [4.78, 5) is 30.9. The molecule has 2 aromatic rings. The summed E-state index contributed by atoms with van der Waals surface area (Å²) in [5.74, 6) is 3.54. The van der Waals surface area contributed by atoms with E-state index in [0.29, 0.717) is 42.1 Å². The fourth-order valence-corrected chi connectivity index (χ4v) is 6.59. The molecule has 3 heterocycles. The smallest absolute Gasteiger partial charge is 0.260 e. The van der Waals surface area contributed by atoms with Gasteiger partial charge >= 0.3 is 0 Å². The summed E-state index contributed by atoms with van der Waals surface area (Å²) in [5, 5.41) is 2.85. The largest absolute Gasteiger partial charge is 0.484 e. The molecule has 0 aliphatic carbocycles. The number of rotatable bonds is 6. The number of hydrogen-bond donors (Lipinski definition) is 1. The van der Waals surface area contributed by atoms with E-state index < -0.39 is 0 Å². The van der Waals surface area contributed by atoms with Gasteiger partial charge in [-0.3, -0.25) is 9.59 Å². The number of ether oxygens (including phenoxy) is 1. The van der Waals surface area contributed by atoms with Gasteiger partial charge in [0.2, 0.25) is 5.91 Å². The Hall–Kier alpha value is -2.19. The minimum Gasteiger partial charge on any atom is -0.484 e. The Morgan fingerprint density at radius 3 is 2.48 bits per heavy atom. The molecule has 1 N–H and O–H groups in total. The van der Waals surface area contributed by atoms with Gasteiger partial charge in [0.05, 0.1) is 4.58 Å². The van der Waals surface area contributed by atoms with Crippen LogP contribution < -0.4 is 10.1 Å². The summed E-state index contributed by atoms with van der Waals surface area (Å²) in [5.41, 5.74) is 1.31. The SMILES string of the molecule is O=C(Nc1ccccn1)C1CCN(C(=O)COc2ccc(C3SCCCS3)cc2)CC1. The fourth-order valence-electron chi connectivity index (χ4n) is 3.69. The Morgan fingerprint density at radius 2 is 1.81 bits per heavy atom. The number of aromatic nitrogens is 1. The van der Waals surface area contributed by atoms with E-state index in [0.717, 1.165) is 0 Å². The molecule has 0 radical (unpaired) electrons. The van der Waals surface area contributed by atoms with Gasteiger partial charge in [0.15, 0.2) is 6.61 Å². The molecule has 2 aliphatic heterocycles. The molecule has 0 saturated carbocycles. The Morgan fingerprint density at radius 1 is 1.06 bits per heavy atom. The number of carbonyl (C=O) groups is 2. The Balaban J connectivity index is 1.20. The van der Waals surface area contributed by atoms with Gasteiger partial charge in [-0.25, -0.2) is 4.98 Å². The molecule has 0 spiro atoms. The fraction of sp³-hybridized carbons (Fsp3) is 0.435. The van der Waals surface area contributed by atoms with Gasteiger partial charge < -0.3 is 15.0 Å². The predicted octanol–water partition coefficient (Wildman–Crippen LogP) is 4.21. The second-order valence-electron chi connectivity index (χ2n) is 7.64. The second-order valence-corrected chi connectivity index (χ2v) is 10.4. The number of piperidine rings is 1. The molecule has 8 heteroatoms. The lowest BCUT2D eigenvalue weighted by molar-refractivity contribution is -0.136. The van der Waals surface area contributed by atoms with Gasteiger partial charge in [0.25, 0.3) is 5.91 Å². The summed E-state index contributed by atoms with van der Waals surface area (Å²) in [6.07, 6.45) is 4.23.